The standard InChI is InChI=1S/C20H20O6/c1-20(2)25-16(23-18(21)14-9-5-3-6-10-14)13-17(26-20)24-19(22)15-11-7-4-8-12-15/h3-12,16-17H,13H2,1-2H3/t16-,17+. The third-order valence-electron chi connectivity index (χ3n) is 3.71. The van der Waals surface area contributed by atoms with Gasteiger partial charge in [-0.3, -0.25) is 0 Å². The van der Waals surface area contributed by atoms with Crippen LogP contribution in [0.4, 0.5) is 0 Å². The maximum absolute atomic E-state index is 12.2. The van der Waals surface area contributed by atoms with Gasteiger partial charge in [-0.15, -0.1) is 0 Å². The van der Waals surface area contributed by atoms with Crippen molar-refractivity contribution in [1.82, 2.24) is 0 Å². The third-order valence-corrected chi connectivity index (χ3v) is 3.71. The van der Waals surface area contributed by atoms with Gasteiger partial charge in [0.25, 0.3) is 0 Å². The van der Waals surface area contributed by atoms with Gasteiger partial charge in [-0.2, -0.15) is 0 Å². The minimum absolute atomic E-state index is 0.0839. The van der Waals surface area contributed by atoms with Crippen molar-refractivity contribution in [3.63, 3.8) is 0 Å². The molecule has 26 heavy (non-hydrogen) atoms. The van der Waals surface area contributed by atoms with Crippen LogP contribution < -0.4 is 0 Å². The molecule has 1 heterocycles. The molecule has 0 unspecified atom stereocenters. The van der Waals surface area contributed by atoms with Crippen molar-refractivity contribution < 1.29 is 28.5 Å². The van der Waals surface area contributed by atoms with E-state index in [2.05, 4.69) is 0 Å². The zero-order chi connectivity index (χ0) is 18.6. The first-order valence-corrected chi connectivity index (χ1v) is 8.31. The lowest BCUT2D eigenvalue weighted by Gasteiger charge is -2.39. The van der Waals surface area contributed by atoms with E-state index in [4.69, 9.17) is 18.9 Å². The molecule has 2 aromatic carbocycles. The molecule has 136 valence electrons. The molecule has 0 amide bonds. The van der Waals surface area contributed by atoms with Gasteiger partial charge >= 0.3 is 11.9 Å². The average molecular weight is 356 g/mol. The molecule has 0 spiro atoms. The Bertz CT molecular complexity index is 693. The van der Waals surface area contributed by atoms with Gasteiger partial charge in [-0.1, -0.05) is 36.4 Å². The zero-order valence-corrected chi connectivity index (χ0v) is 14.6. The molecule has 1 fully saturated rings. The lowest BCUT2D eigenvalue weighted by atomic mass is 10.2. The largest absolute Gasteiger partial charge is 0.432 e. The summed E-state index contributed by atoms with van der Waals surface area (Å²) in [4.78, 5) is 24.4. The molecule has 0 N–H and O–H groups in total. The van der Waals surface area contributed by atoms with Crippen LogP contribution in [0, 0.1) is 0 Å². The predicted octanol–water partition coefficient (Wildman–Crippen LogP) is 3.53. The van der Waals surface area contributed by atoms with Crippen LogP contribution in [-0.2, 0) is 18.9 Å². The van der Waals surface area contributed by atoms with Gasteiger partial charge in [0.2, 0.25) is 12.6 Å². The number of carbonyl (C=O) groups excluding carboxylic acids is 2. The van der Waals surface area contributed by atoms with Gasteiger partial charge in [0, 0.05) is 0 Å². The topological polar surface area (TPSA) is 71.1 Å². The van der Waals surface area contributed by atoms with E-state index in [1.54, 1.807) is 62.4 Å². The minimum Gasteiger partial charge on any atom is -0.432 e. The molecular formula is C20H20O6. The average Bonchev–Trinajstić information content (AvgIpc) is 2.61. The summed E-state index contributed by atoms with van der Waals surface area (Å²) in [5, 5.41) is 0. The van der Waals surface area contributed by atoms with Crippen LogP contribution in [0.15, 0.2) is 60.7 Å². The van der Waals surface area contributed by atoms with E-state index in [-0.39, 0.29) is 6.42 Å². The quantitative estimate of drug-likeness (QED) is 0.781. The molecule has 0 radical (unpaired) electrons. The van der Waals surface area contributed by atoms with Gasteiger partial charge in [0.1, 0.15) is 0 Å². The lowest BCUT2D eigenvalue weighted by molar-refractivity contribution is -0.371. The normalized spacial score (nSPS) is 21.6. The third kappa shape index (κ3) is 4.68. The smallest absolute Gasteiger partial charge is 0.340 e. The number of carbonyl (C=O) groups is 2. The second kappa shape index (κ2) is 7.68. The maximum atomic E-state index is 12.2. The first kappa shape index (κ1) is 18.1. The first-order chi connectivity index (χ1) is 12.4. The van der Waals surface area contributed by atoms with Crippen LogP contribution in [0.5, 0.6) is 0 Å². The van der Waals surface area contributed by atoms with Crippen molar-refractivity contribution in [2.45, 2.75) is 38.6 Å². The molecule has 3 rings (SSSR count). The van der Waals surface area contributed by atoms with Crippen molar-refractivity contribution in [1.29, 1.82) is 0 Å². The van der Waals surface area contributed by atoms with Crippen LogP contribution in [0.1, 0.15) is 41.0 Å². The molecule has 0 saturated carbocycles. The molecule has 6 heteroatoms. The van der Waals surface area contributed by atoms with Crippen LogP contribution in [0.25, 0.3) is 0 Å². The van der Waals surface area contributed by atoms with E-state index in [1.165, 1.54) is 0 Å². The summed E-state index contributed by atoms with van der Waals surface area (Å²) >= 11 is 0. The molecule has 0 bridgehead atoms. The Balaban J connectivity index is 1.65. The molecule has 6 nitrogen and oxygen atoms in total. The fourth-order valence-corrected chi connectivity index (χ4v) is 2.58. The number of ether oxygens (including phenoxy) is 4. The highest BCUT2D eigenvalue weighted by molar-refractivity contribution is 5.89. The van der Waals surface area contributed by atoms with Crippen molar-refractivity contribution in [2.24, 2.45) is 0 Å². The second-order valence-electron chi connectivity index (χ2n) is 6.27. The van der Waals surface area contributed by atoms with E-state index in [1.807, 2.05) is 12.1 Å². The second-order valence-corrected chi connectivity index (χ2v) is 6.27. The van der Waals surface area contributed by atoms with Crippen LogP contribution in [-0.4, -0.2) is 30.3 Å². The SMILES string of the molecule is CC1(C)O[C@@H](OC(=O)c2ccccc2)C[C@@H](OC(=O)c2ccccc2)O1. The van der Waals surface area contributed by atoms with Crippen LogP contribution in [0.3, 0.4) is 0 Å². The van der Waals surface area contributed by atoms with Gasteiger partial charge in [-0.05, 0) is 38.1 Å². The van der Waals surface area contributed by atoms with Crippen molar-refractivity contribution in [2.75, 3.05) is 0 Å². The minimum atomic E-state index is -1.07. The van der Waals surface area contributed by atoms with Crippen molar-refractivity contribution in [3.8, 4) is 0 Å². The van der Waals surface area contributed by atoms with Gasteiger partial charge in [-0.25, -0.2) is 9.59 Å². The van der Waals surface area contributed by atoms with E-state index in [9.17, 15) is 9.59 Å². The Morgan fingerprint density at radius 3 is 1.58 bits per heavy atom. The molecule has 1 aliphatic rings. The number of esters is 2. The van der Waals surface area contributed by atoms with Crippen molar-refractivity contribution in [3.05, 3.63) is 71.8 Å². The fraction of sp³-hybridized carbons (Fsp3) is 0.300. The molecular weight excluding hydrogens is 336 g/mol. The highest BCUT2D eigenvalue weighted by Gasteiger charge is 2.39. The van der Waals surface area contributed by atoms with Crippen molar-refractivity contribution >= 4 is 11.9 Å². The molecule has 0 aliphatic carbocycles. The monoisotopic (exact) mass is 356 g/mol. The van der Waals surface area contributed by atoms with Gasteiger partial charge in [0.05, 0.1) is 17.5 Å². The lowest BCUT2D eigenvalue weighted by Crippen LogP contribution is -2.47. The first-order valence-electron chi connectivity index (χ1n) is 8.31. The molecule has 0 aromatic heterocycles. The summed E-state index contributed by atoms with van der Waals surface area (Å²) in [5.74, 6) is -2.09. The van der Waals surface area contributed by atoms with Gasteiger partial charge in [0.15, 0.2) is 5.79 Å². The highest BCUT2D eigenvalue weighted by Crippen LogP contribution is 2.29. The van der Waals surface area contributed by atoms with E-state index in [0.29, 0.717) is 11.1 Å². The van der Waals surface area contributed by atoms with E-state index < -0.39 is 30.3 Å². The number of benzene rings is 2. The predicted molar refractivity (Wildman–Crippen MR) is 92.2 cm³/mol. The molecule has 2 aromatic rings. The van der Waals surface area contributed by atoms with Crippen LogP contribution >= 0.6 is 0 Å². The van der Waals surface area contributed by atoms with Gasteiger partial charge < -0.3 is 18.9 Å². The van der Waals surface area contributed by atoms with Crippen LogP contribution in [0.2, 0.25) is 0 Å². The van der Waals surface area contributed by atoms with E-state index >= 15 is 0 Å². The number of rotatable bonds is 4. The summed E-state index contributed by atoms with van der Waals surface area (Å²) in [5.41, 5.74) is 0.830. The Hall–Kier alpha value is -2.70. The summed E-state index contributed by atoms with van der Waals surface area (Å²) in [6.07, 6.45) is -1.69. The fourth-order valence-electron chi connectivity index (χ4n) is 2.58. The summed E-state index contributed by atoms with van der Waals surface area (Å²) in [6, 6.07) is 17.2. The Kier molecular flexibility index (Phi) is 5.35. The molecule has 1 aliphatic heterocycles. The highest BCUT2D eigenvalue weighted by atomic mass is 16.8. The Morgan fingerprint density at radius 2 is 1.19 bits per heavy atom. The Morgan fingerprint density at radius 1 is 0.808 bits per heavy atom. The summed E-state index contributed by atoms with van der Waals surface area (Å²) in [6.45, 7) is 3.33. The maximum Gasteiger partial charge on any atom is 0.340 e. The van der Waals surface area contributed by atoms with E-state index in [0.717, 1.165) is 0 Å². The summed E-state index contributed by atoms with van der Waals surface area (Å²) < 4.78 is 22.0. The Labute approximate surface area is 151 Å². The number of hydrogen-bond donors (Lipinski definition) is 0. The zero-order valence-electron chi connectivity index (χ0n) is 14.6. The molecule has 2 atom stereocenters. The molecule has 1 saturated heterocycles. The number of hydrogen-bond acceptors (Lipinski definition) is 6. The summed E-state index contributed by atoms with van der Waals surface area (Å²) in [7, 11) is 0.